The fraction of sp³-hybridized carbons (Fsp3) is 1.00. The monoisotopic (exact) mass is 230 g/mol. The van der Waals surface area contributed by atoms with E-state index in [0.29, 0.717) is 12.5 Å². The van der Waals surface area contributed by atoms with Crippen molar-refractivity contribution in [2.75, 3.05) is 27.9 Å². The lowest BCUT2D eigenvalue weighted by Crippen LogP contribution is -2.54. The Labute approximate surface area is 99.5 Å². The van der Waals surface area contributed by atoms with Gasteiger partial charge in [0.05, 0.1) is 12.7 Å². The van der Waals surface area contributed by atoms with E-state index in [1.54, 1.807) is 21.3 Å². The van der Waals surface area contributed by atoms with E-state index in [1.807, 2.05) is 0 Å². The van der Waals surface area contributed by atoms with E-state index >= 15 is 0 Å². The molecule has 0 heterocycles. The minimum Gasteiger partial charge on any atom is -0.382 e. The van der Waals surface area contributed by atoms with Gasteiger partial charge in [0, 0.05) is 21.3 Å². The van der Waals surface area contributed by atoms with Gasteiger partial charge in [-0.15, -0.1) is 0 Å². The number of rotatable bonds is 6. The van der Waals surface area contributed by atoms with Gasteiger partial charge in [-0.05, 0) is 25.7 Å². The van der Waals surface area contributed by atoms with Gasteiger partial charge in [0.25, 0.3) is 0 Å². The standard InChI is InChI=1S/C13H26O3/c1-11(15-3)13(16-4,10-14-2)12-8-6-5-7-9-12/h11-12H,5-10H2,1-4H3. The predicted octanol–water partition coefficient (Wildman–Crippen LogP) is 2.63. The Bertz CT molecular complexity index is 190. The van der Waals surface area contributed by atoms with Gasteiger partial charge in [0.15, 0.2) is 0 Å². The fourth-order valence-corrected chi connectivity index (χ4v) is 2.97. The van der Waals surface area contributed by atoms with E-state index in [-0.39, 0.29) is 11.7 Å². The highest BCUT2D eigenvalue weighted by atomic mass is 16.6. The molecular formula is C13H26O3. The number of methoxy groups -OCH3 is 3. The Balaban J connectivity index is 2.80. The topological polar surface area (TPSA) is 27.7 Å². The summed E-state index contributed by atoms with van der Waals surface area (Å²) in [5.74, 6) is 0.557. The first-order valence-corrected chi connectivity index (χ1v) is 6.28. The van der Waals surface area contributed by atoms with E-state index < -0.39 is 0 Å². The summed E-state index contributed by atoms with van der Waals surface area (Å²) in [6.07, 6.45) is 6.48. The average Bonchev–Trinajstić information content (AvgIpc) is 2.36. The van der Waals surface area contributed by atoms with E-state index in [4.69, 9.17) is 14.2 Å². The first kappa shape index (κ1) is 13.9. The lowest BCUT2D eigenvalue weighted by Gasteiger charge is -2.44. The van der Waals surface area contributed by atoms with Gasteiger partial charge in [-0.3, -0.25) is 0 Å². The van der Waals surface area contributed by atoms with Crippen molar-refractivity contribution < 1.29 is 14.2 Å². The molecule has 1 aliphatic rings. The molecule has 2 atom stereocenters. The lowest BCUT2D eigenvalue weighted by molar-refractivity contribution is -0.177. The molecule has 0 amide bonds. The second kappa shape index (κ2) is 6.58. The molecule has 0 aromatic rings. The average molecular weight is 230 g/mol. The fourth-order valence-electron chi connectivity index (χ4n) is 2.97. The summed E-state index contributed by atoms with van der Waals surface area (Å²) in [5.41, 5.74) is -0.274. The first-order valence-electron chi connectivity index (χ1n) is 6.28. The van der Waals surface area contributed by atoms with Crippen LogP contribution in [0.4, 0.5) is 0 Å². The molecule has 1 rings (SSSR count). The molecule has 0 aromatic carbocycles. The summed E-state index contributed by atoms with van der Waals surface area (Å²) in [4.78, 5) is 0. The Hall–Kier alpha value is -0.120. The molecule has 3 nitrogen and oxygen atoms in total. The summed E-state index contributed by atoms with van der Waals surface area (Å²) in [7, 11) is 5.26. The van der Waals surface area contributed by atoms with Gasteiger partial charge < -0.3 is 14.2 Å². The molecule has 1 aliphatic carbocycles. The van der Waals surface area contributed by atoms with Crippen LogP contribution in [0.3, 0.4) is 0 Å². The van der Waals surface area contributed by atoms with Gasteiger partial charge in [-0.2, -0.15) is 0 Å². The van der Waals surface area contributed by atoms with Crippen LogP contribution >= 0.6 is 0 Å². The van der Waals surface area contributed by atoms with Crippen molar-refractivity contribution in [3.05, 3.63) is 0 Å². The number of ether oxygens (including phenoxy) is 3. The third kappa shape index (κ3) is 2.76. The van der Waals surface area contributed by atoms with E-state index in [0.717, 1.165) is 0 Å². The van der Waals surface area contributed by atoms with Crippen LogP contribution in [-0.2, 0) is 14.2 Å². The van der Waals surface area contributed by atoms with Gasteiger partial charge in [0.2, 0.25) is 0 Å². The molecule has 0 N–H and O–H groups in total. The van der Waals surface area contributed by atoms with E-state index in [9.17, 15) is 0 Å². The Morgan fingerprint density at radius 1 is 1.12 bits per heavy atom. The molecule has 1 saturated carbocycles. The highest BCUT2D eigenvalue weighted by Crippen LogP contribution is 2.38. The minimum absolute atomic E-state index is 0.0700. The predicted molar refractivity (Wildman–Crippen MR) is 64.7 cm³/mol. The summed E-state index contributed by atoms with van der Waals surface area (Å²) in [6, 6.07) is 0. The van der Waals surface area contributed by atoms with Gasteiger partial charge >= 0.3 is 0 Å². The van der Waals surface area contributed by atoms with Crippen molar-refractivity contribution in [1.29, 1.82) is 0 Å². The van der Waals surface area contributed by atoms with Crippen LogP contribution in [0.1, 0.15) is 39.0 Å². The van der Waals surface area contributed by atoms with Crippen molar-refractivity contribution in [1.82, 2.24) is 0 Å². The van der Waals surface area contributed by atoms with Crippen LogP contribution in [0.25, 0.3) is 0 Å². The van der Waals surface area contributed by atoms with Gasteiger partial charge in [-0.1, -0.05) is 19.3 Å². The summed E-state index contributed by atoms with van der Waals surface area (Å²) >= 11 is 0. The van der Waals surface area contributed by atoms with E-state index in [1.165, 1.54) is 32.1 Å². The SMILES string of the molecule is COCC(OC)(C1CCCCC1)C(C)OC. The molecule has 3 heteroatoms. The van der Waals surface area contributed by atoms with Crippen LogP contribution in [0.2, 0.25) is 0 Å². The van der Waals surface area contributed by atoms with Crippen LogP contribution in [0.15, 0.2) is 0 Å². The van der Waals surface area contributed by atoms with Crippen LogP contribution in [0, 0.1) is 5.92 Å². The van der Waals surface area contributed by atoms with Gasteiger partial charge in [-0.25, -0.2) is 0 Å². The zero-order chi connectivity index (χ0) is 12.0. The molecule has 0 radical (unpaired) electrons. The molecule has 0 spiro atoms. The number of hydrogen-bond acceptors (Lipinski definition) is 3. The maximum atomic E-state index is 5.82. The molecule has 0 aromatic heterocycles. The molecular weight excluding hydrogens is 204 g/mol. The third-order valence-electron chi connectivity index (χ3n) is 4.09. The Morgan fingerprint density at radius 3 is 2.19 bits per heavy atom. The van der Waals surface area contributed by atoms with Gasteiger partial charge in [0.1, 0.15) is 5.60 Å². The molecule has 2 unspecified atom stereocenters. The molecule has 0 aliphatic heterocycles. The second-order valence-electron chi connectivity index (χ2n) is 4.80. The zero-order valence-corrected chi connectivity index (χ0v) is 11.1. The molecule has 1 fully saturated rings. The lowest BCUT2D eigenvalue weighted by atomic mass is 9.74. The maximum Gasteiger partial charge on any atom is 0.119 e. The van der Waals surface area contributed by atoms with Crippen molar-refractivity contribution in [2.24, 2.45) is 5.92 Å². The van der Waals surface area contributed by atoms with E-state index in [2.05, 4.69) is 6.92 Å². The van der Waals surface area contributed by atoms with Crippen LogP contribution in [0.5, 0.6) is 0 Å². The third-order valence-corrected chi connectivity index (χ3v) is 4.09. The Morgan fingerprint density at radius 2 is 1.75 bits per heavy atom. The highest BCUT2D eigenvalue weighted by molar-refractivity contribution is 4.94. The smallest absolute Gasteiger partial charge is 0.119 e. The van der Waals surface area contributed by atoms with Crippen LogP contribution < -0.4 is 0 Å². The largest absolute Gasteiger partial charge is 0.382 e. The second-order valence-corrected chi connectivity index (χ2v) is 4.80. The summed E-state index contributed by atoms with van der Waals surface area (Å²) in [6.45, 7) is 2.69. The molecule has 16 heavy (non-hydrogen) atoms. The summed E-state index contributed by atoms with van der Waals surface area (Å²) < 4.78 is 16.7. The zero-order valence-electron chi connectivity index (χ0n) is 11.1. The molecule has 0 bridgehead atoms. The van der Waals surface area contributed by atoms with Crippen LogP contribution in [-0.4, -0.2) is 39.6 Å². The quantitative estimate of drug-likeness (QED) is 0.702. The normalized spacial score (nSPS) is 24.0. The maximum absolute atomic E-state index is 5.82. The van der Waals surface area contributed by atoms with Crippen molar-refractivity contribution in [3.8, 4) is 0 Å². The summed E-state index contributed by atoms with van der Waals surface area (Å²) in [5, 5.41) is 0. The van der Waals surface area contributed by atoms with Crippen molar-refractivity contribution >= 4 is 0 Å². The highest BCUT2D eigenvalue weighted by Gasteiger charge is 2.44. The molecule has 0 saturated heterocycles. The molecule has 96 valence electrons. The number of hydrogen-bond donors (Lipinski definition) is 0. The minimum atomic E-state index is -0.274. The van der Waals surface area contributed by atoms with Crippen molar-refractivity contribution in [2.45, 2.75) is 50.7 Å². The van der Waals surface area contributed by atoms with Crippen molar-refractivity contribution in [3.63, 3.8) is 0 Å². The Kier molecular flexibility index (Phi) is 5.73. The first-order chi connectivity index (χ1) is 7.71.